The number of carbonyl (C=O) groups excluding carboxylic acids is 1. The summed E-state index contributed by atoms with van der Waals surface area (Å²) in [7, 11) is -1.21. The van der Waals surface area contributed by atoms with Crippen molar-refractivity contribution in [3.8, 4) is 5.75 Å². The van der Waals surface area contributed by atoms with Gasteiger partial charge in [0.25, 0.3) is 5.91 Å². The molecule has 0 N–H and O–H groups in total. The van der Waals surface area contributed by atoms with E-state index in [4.69, 9.17) is 16.3 Å². The summed E-state index contributed by atoms with van der Waals surface area (Å²) in [6, 6.07) is 6.60. The highest BCUT2D eigenvalue weighted by molar-refractivity contribution is 8.15. The van der Waals surface area contributed by atoms with Crippen molar-refractivity contribution >= 4 is 44.3 Å². The third kappa shape index (κ3) is 3.81. The van der Waals surface area contributed by atoms with Crippen molar-refractivity contribution in [2.45, 2.75) is 11.3 Å². The molecule has 2 heterocycles. The van der Waals surface area contributed by atoms with E-state index in [0.29, 0.717) is 15.9 Å². The maximum atomic E-state index is 11.9. The predicted octanol–water partition coefficient (Wildman–Crippen LogP) is 1.45. The lowest BCUT2D eigenvalue weighted by atomic mass is 10.2. The normalized spacial score (nSPS) is 27.2. The van der Waals surface area contributed by atoms with Crippen molar-refractivity contribution < 1.29 is 17.9 Å². The number of halogens is 1. The second-order valence-electron chi connectivity index (χ2n) is 5.44. The number of fused-ring (bicyclic) bond motifs is 1. The molecule has 1 amide bonds. The van der Waals surface area contributed by atoms with Crippen LogP contribution in [0.3, 0.4) is 0 Å². The Balaban J connectivity index is 1.59. The number of rotatable bonds is 3. The zero-order valence-electron chi connectivity index (χ0n) is 12.3. The lowest BCUT2D eigenvalue weighted by Crippen LogP contribution is -2.34. The van der Waals surface area contributed by atoms with E-state index in [1.54, 1.807) is 36.2 Å². The van der Waals surface area contributed by atoms with E-state index in [-0.39, 0.29) is 29.4 Å². The van der Waals surface area contributed by atoms with Crippen molar-refractivity contribution in [2.24, 2.45) is 4.99 Å². The molecule has 2 fully saturated rings. The van der Waals surface area contributed by atoms with E-state index >= 15 is 0 Å². The largest absolute Gasteiger partial charge is 0.484 e. The highest BCUT2D eigenvalue weighted by Crippen LogP contribution is 2.36. The number of ether oxygens (including phenoxy) is 1. The number of carbonyl (C=O) groups is 1. The Hall–Kier alpha value is -1.25. The summed E-state index contributed by atoms with van der Waals surface area (Å²) < 4.78 is 28.6. The summed E-state index contributed by atoms with van der Waals surface area (Å²) in [5.41, 5.74) is 0. The van der Waals surface area contributed by atoms with Crippen LogP contribution in [0.15, 0.2) is 29.3 Å². The minimum absolute atomic E-state index is 0.0475. The number of thioether (sulfide) groups is 1. The molecule has 2 aliphatic heterocycles. The molecule has 23 heavy (non-hydrogen) atoms. The molecule has 2 saturated heterocycles. The van der Waals surface area contributed by atoms with E-state index in [0.717, 1.165) is 0 Å². The van der Waals surface area contributed by atoms with Gasteiger partial charge in [0, 0.05) is 17.3 Å². The number of aliphatic imine (C=N–C) groups is 1. The predicted molar refractivity (Wildman–Crippen MR) is 91.0 cm³/mol. The molecule has 0 aliphatic carbocycles. The average Bonchev–Trinajstić information content (AvgIpc) is 2.92. The third-order valence-corrected chi connectivity index (χ3v) is 7.28. The fourth-order valence-electron chi connectivity index (χ4n) is 2.55. The standard InChI is InChI=1S/C14H15ClN2O4S2/c1-17-11-7-23(19,20)8-12(11)22-14(17)16-13(18)6-21-10-4-2-9(15)3-5-10/h2-5,11-12H,6-8H2,1H3/t11-,12+/m0/s1. The summed E-state index contributed by atoms with van der Waals surface area (Å²) in [5, 5.41) is 1.10. The van der Waals surface area contributed by atoms with Crippen LogP contribution in [-0.4, -0.2) is 60.8 Å². The Morgan fingerprint density at radius 3 is 2.74 bits per heavy atom. The molecule has 2 aliphatic rings. The molecule has 3 rings (SSSR count). The summed E-state index contributed by atoms with van der Waals surface area (Å²) in [4.78, 5) is 17.8. The maximum absolute atomic E-state index is 11.9. The van der Waals surface area contributed by atoms with Crippen molar-refractivity contribution in [3.63, 3.8) is 0 Å². The Bertz CT molecular complexity index is 749. The summed E-state index contributed by atoms with van der Waals surface area (Å²) in [5.74, 6) is 0.395. The minimum atomic E-state index is -2.98. The van der Waals surface area contributed by atoms with Gasteiger partial charge in [-0.1, -0.05) is 23.4 Å². The van der Waals surface area contributed by atoms with Crippen molar-refractivity contribution in [2.75, 3.05) is 25.2 Å². The van der Waals surface area contributed by atoms with Crippen LogP contribution in [0.4, 0.5) is 0 Å². The number of benzene rings is 1. The van der Waals surface area contributed by atoms with Gasteiger partial charge in [-0.3, -0.25) is 4.79 Å². The quantitative estimate of drug-likeness (QED) is 0.797. The molecule has 124 valence electrons. The summed E-state index contributed by atoms with van der Waals surface area (Å²) >= 11 is 7.12. The van der Waals surface area contributed by atoms with Crippen LogP contribution in [0, 0.1) is 0 Å². The first-order chi connectivity index (χ1) is 10.8. The van der Waals surface area contributed by atoms with Gasteiger partial charge in [0.2, 0.25) is 0 Å². The van der Waals surface area contributed by atoms with Crippen LogP contribution >= 0.6 is 23.4 Å². The molecule has 0 unspecified atom stereocenters. The highest BCUT2D eigenvalue weighted by Gasteiger charge is 2.47. The molecule has 0 saturated carbocycles. The molecule has 1 aromatic rings. The topological polar surface area (TPSA) is 76.0 Å². The lowest BCUT2D eigenvalue weighted by molar-refractivity contribution is -0.119. The number of amides is 1. The van der Waals surface area contributed by atoms with E-state index in [2.05, 4.69) is 4.99 Å². The van der Waals surface area contributed by atoms with Crippen LogP contribution in [0.25, 0.3) is 0 Å². The Kier molecular flexibility index (Phi) is 4.57. The zero-order chi connectivity index (χ0) is 16.6. The molecular formula is C14H15ClN2O4S2. The van der Waals surface area contributed by atoms with Crippen LogP contribution in [0.5, 0.6) is 5.75 Å². The van der Waals surface area contributed by atoms with Gasteiger partial charge in [-0.15, -0.1) is 0 Å². The first kappa shape index (κ1) is 16.6. The van der Waals surface area contributed by atoms with Gasteiger partial charge >= 0.3 is 0 Å². The van der Waals surface area contributed by atoms with E-state index in [9.17, 15) is 13.2 Å². The van der Waals surface area contributed by atoms with Gasteiger partial charge < -0.3 is 9.64 Å². The fourth-order valence-corrected chi connectivity index (χ4v) is 6.69. The second kappa shape index (κ2) is 6.33. The minimum Gasteiger partial charge on any atom is -0.484 e. The van der Waals surface area contributed by atoms with Gasteiger partial charge in [0.1, 0.15) is 5.75 Å². The molecule has 6 nitrogen and oxygen atoms in total. The SMILES string of the molecule is CN1C(=NC(=O)COc2ccc(Cl)cc2)S[C@@H]2CS(=O)(=O)C[C@@H]21. The van der Waals surface area contributed by atoms with E-state index in [1.807, 2.05) is 0 Å². The van der Waals surface area contributed by atoms with E-state index < -0.39 is 15.7 Å². The fraction of sp³-hybridized carbons (Fsp3) is 0.429. The van der Waals surface area contributed by atoms with Gasteiger partial charge in [-0.25, -0.2) is 8.42 Å². The number of hydrogen-bond acceptors (Lipinski definition) is 5. The number of nitrogens with zero attached hydrogens (tertiary/aromatic N) is 2. The Morgan fingerprint density at radius 1 is 1.39 bits per heavy atom. The maximum Gasteiger partial charge on any atom is 0.285 e. The van der Waals surface area contributed by atoms with Gasteiger partial charge in [0.15, 0.2) is 21.6 Å². The zero-order valence-corrected chi connectivity index (χ0v) is 14.7. The van der Waals surface area contributed by atoms with Gasteiger partial charge in [-0.2, -0.15) is 4.99 Å². The third-order valence-electron chi connectivity index (χ3n) is 3.72. The molecule has 2 atom stereocenters. The summed E-state index contributed by atoms with van der Waals surface area (Å²) in [6.45, 7) is -0.173. The van der Waals surface area contributed by atoms with Crippen LogP contribution in [-0.2, 0) is 14.6 Å². The van der Waals surface area contributed by atoms with E-state index in [1.165, 1.54) is 11.8 Å². The van der Waals surface area contributed by atoms with Crippen molar-refractivity contribution in [3.05, 3.63) is 29.3 Å². The monoisotopic (exact) mass is 374 g/mol. The molecule has 0 radical (unpaired) electrons. The first-order valence-corrected chi connectivity index (χ1v) is 10.0. The lowest BCUT2D eigenvalue weighted by Gasteiger charge is -2.17. The Labute approximate surface area is 143 Å². The molecule has 1 aromatic carbocycles. The molecular weight excluding hydrogens is 360 g/mol. The van der Waals surface area contributed by atoms with Crippen LogP contribution in [0.1, 0.15) is 0 Å². The second-order valence-corrected chi connectivity index (χ2v) is 9.24. The van der Waals surface area contributed by atoms with Crippen molar-refractivity contribution in [1.29, 1.82) is 0 Å². The number of sulfone groups is 1. The van der Waals surface area contributed by atoms with Gasteiger partial charge in [-0.05, 0) is 24.3 Å². The van der Waals surface area contributed by atoms with Crippen LogP contribution < -0.4 is 4.74 Å². The van der Waals surface area contributed by atoms with Crippen LogP contribution in [0.2, 0.25) is 5.02 Å². The van der Waals surface area contributed by atoms with Gasteiger partial charge in [0.05, 0.1) is 17.5 Å². The summed E-state index contributed by atoms with van der Waals surface area (Å²) in [6.07, 6.45) is 0. The molecule has 9 heteroatoms. The molecule has 0 aromatic heterocycles. The average molecular weight is 375 g/mol. The Morgan fingerprint density at radius 2 is 2.09 bits per heavy atom. The smallest absolute Gasteiger partial charge is 0.285 e. The molecule has 0 bridgehead atoms. The molecule has 0 spiro atoms. The number of amidine groups is 1. The highest BCUT2D eigenvalue weighted by atomic mass is 35.5. The first-order valence-electron chi connectivity index (χ1n) is 6.94. The number of hydrogen-bond donors (Lipinski definition) is 0. The van der Waals surface area contributed by atoms with Crippen molar-refractivity contribution in [1.82, 2.24) is 4.90 Å².